The number of aromatic nitrogens is 1. The quantitative estimate of drug-likeness (QED) is 0.839. The van der Waals surface area contributed by atoms with Gasteiger partial charge in [0.25, 0.3) is 0 Å². The normalized spacial score (nSPS) is 21.0. The number of ether oxygens (including phenoxy) is 1. The lowest BCUT2D eigenvalue weighted by Gasteiger charge is -2.20. The zero-order valence-corrected chi connectivity index (χ0v) is 14.2. The molecule has 6 nitrogen and oxygen atoms in total. The van der Waals surface area contributed by atoms with Crippen molar-refractivity contribution in [2.24, 2.45) is 5.92 Å². The summed E-state index contributed by atoms with van der Waals surface area (Å²) in [4.78, 5) is 30.3. The Balaban J connectivity index is 1.51. The Labute approximate surface area is 142 Å². The van der Waals surface area contributed by atoms with E-state index in [4.69, 9.17) is 4.74 Å². The summed E-state index contributed by atoms with van der Waals surface area (Å²) < 4.78 is 4.95. The summed E-state index contributed by atoms with van der Waals surface area (Å²) in [7, 11) is 0. The van der Waals surface area contributed by atoms with Crippen LogP contribution in [0.15, 0.2) is 18.3 Å². The Morgan fingerprint density at radius 1 is 1.29 bits per heavy atom. The van der Waals surface area contributed by atoms with Gasteiger partial charge in [-0.25, -0.2) is 9.78 Å². The van der Waals surface area contributed by atoms with Gasteiger partial charge in [-0.1, -0.05) is 12.8 Å². The van der Waals surface area contributed by atoms with E-state index in [1.165, 1.54) is 19.0 Å². The minimum Gasteiger partial charge on any atom is -0.462 e. The first-order chi connectivity index (χ1) is 11.7. The lowest BCUT2D eigenvalue weighted by Crippen LogP contribution is -2.35. The molecule has 1 N–H and O–H groups in total. The largest absolute Gasteiger partial charge is 0.462 e. The van der Waals surface area contributed by atoms with Gasteiger partial charge in [0.05, 0.1) is 12.2 Å². The molecular weight excluding hydrogens is 306 g/mol. The molecule has 6 heteroatoms. The highest BCUT2D eigenvalue weighted by atomic mass is 16.5. The van der Waals surface area contributed by atoms with E-state index < -0.39 is 0 Å². The van der Waals surface area contributed by atoms with Crippen molar-refractivity contribution in [3.8, 4) is 0 Å². The van der Waals surface area contributed by atoms with Crippen LogP contribution in [0.25, 0.3) is 0 Å². The van der Waals surface area contributed by atoms with E-state index in [9.17, 15) is 9.59 Å². The number of carbonyl (C=O) groups is 2. The van der Waals surface area contributed by atoms with Crippen LogP contribution in [-0.2, 0) is 9.53 Å². The number of esters is 1. The number of hydrogen-bond acceptors (Lipinski definition) is 5. The third-order valence-electron chi connectivity index (χ3n) is 4.83. The highest BCUT2D eigenvalue weighted by Crippen LogP contribution is 2.28. The molecule has 1 unspecified atom stereocenters. The van der Waals surface area contributed by atoms with Gasteiger partial charge in [0, 0.05) is 31.2 Å². The number of rotatable bonds is 5. The smallest absolute Gasteiger partial charge is 0.339 e. The van der Waals surface area contributed by atoms with Crippen LogP contribution in [0.4, 0.5) is 5.82 Å². The highest BCUT2D eigenvalue weighted by Gasteiger charge is 2.32. The molecule has 2 fully saturated rings. The standard InChI is InChI=1S/C18H25N3O3/c1-2-24-18(23)14-7-8-16(19-11-14)20-15-9-10-21(12-15)17(22)13-5-3-4-6-13/h7-8,11,13,15H,2-6,9-10,12H2,1H3,(H,19,20). The SMILES string of the molecule is CCOC(=O)c1ccc(NC2CCN(C(=O)C3CCCC3)C2)nc1. The van der Waals surface area contributed by atoms with Gasteiger partial charge in [-0.2, -0.15) is 0 Å². The maximum absolute atomic E-state index is 12.5. The summed E-state index contributed by atoms with van der Waals surface area (Å²) in [6.45, 7) is 3.68. The van der Waals surface area contributed by atoms with Crippen LogP contribution < -0.4 is 5.32 Å². The molecule has 1 amide bonds. The fourth-order valence-corrected chi connectivity index (χ4v) is 3.53. The highest BCUT2D eigenvalue weighted by molar-refractivity contribution is 5.89. The summed E-state index contributed by atoms with van der Waals surface area (Å²) in [6.07, 6.45) is 6.91. The summed E-state index contributed by atoms with van der Waals surface area (Å²) in [5, 5.41) is 3.36. The maximum atomic E-state index is 12.5. The minimum absolute atomic E-state index is 0.219. The van der Waals surface area contributed by atoms with Crippen molar-refractivity contribution in [1.82, 2.24) is 9.88 Å². The number of likely N-dealkylation sites (tertiary alicyclic amines) is 1. The summed E-state index contributed by atoms with van der Waals surface area (Å²) in [5.74, 6) is 0.933. The fourth-order valence-electron chi connectivity index (χ4n) is 3.53. The maximum Gasteiger partial charge on any atom is 0.339 e. The van der Waals surface area contributed by atoms with Gasteiger partial charge in [-0.05, 0) is 38.3 Å². The molecular formula is C18H25N3O3. The Morgan fingerprint density at radius 3 is 2.75 bits per heavy atom. The molecule has 2 heterocycles. The predicted octanol–water partition coefficient (Wildman–Crippen LogP) is 2.46. The molecule has 1 saturated heterocycles. The molecule has 0 spiro atoms. The van der Waals surface area contributed by atoms with Crippen molar-refractivity contribution in [2.75, 3.05) is 25.0 Å². The zero-order chi connectivity index (χ0) is 16.9. The van der Waals surface area contributed by atoms with Crippen molar-refractivity contribution in [3.05, 3.63) is 23.9 Å². The molecule has 24 heavy (non-hydrogen) atoms. The Morgan fingerprint density at radius 2 is 2.08 bits per heavy atom. The van der Waals surface area contributed by atoms with E-state index in [2.05, 4.69) is 10.3 Å². The summed E-state index contributed by atoms with van der Waals surface area (Å²) >= 11 is 0. The number of pyridine rings is 1. The van der Waals surface area contributed by atoms with Gasteiger partial charge in [0.2, 0.25) is 5.91 Å². The lowest BCUT2D eigenvalue weighted by molar-refractivity contribution is -0.134. The summed E-state index contributed by atoms with van der Waals surface area (Å²) in [5.41, 5.74) is 0.451. The summed E-state index contributed by atoms with van der Waals surface area (Å²) in [6, 6.07) is 3.72. The zero-order valence-electron chi connectivity index (χ0n) is 14.2. The molecule has 1 saturated carbocycles. The average Bonchev–Trinajstić information content (AvgIpc) is 3.27. The van der Waals surface area contributed by atoms with Crippen LogP contribution in [-0.4, -0.2) is 47.5 Å². The number of anilines is 1. The molecule has 0 aromatic carbocycles. The minimum atomic E-state index is -0.356. The van der Waals surface area contributed by atoms with E-state index in [0.29, 0.717) is 18.1 Å². The van der Waals surface area contributed by atoms with Gasteiger partial charge in [-0.3, -0.25) is 4.79 Å². The van der Waals surface area contributed by atoms with E-state index in [-0.39, 0.29) is 17.9 Å². The topological polar surface area (TPSA) is 71.5 Å². The first-order valence-electron chi connectivity index (χ1n) is 8.86. The molecule has 1 aliphatic carbocycles. The second kappa shape index (κ2) is 7.64. The molecule has 3 rings (SSSR count). The molecule has 2 aliphatic rings. The lowest BCUT2D eigenvalue weighted by atomic mass is 10.1. The number of hydrogen-bond donors (Lipinski definition) is 1. The van der Waals surface area contributed by atoms with E-state index in [1.807, 2.05) is 4.90 Å². The van der Waals surface area contributed by atoms with Crippen LogP contribution in [0.1, 0.15) is 49.4 Å². The van der Waals surface area contributed by atoms with Gasteiger partial charge >= 0.3 is 5.97 Å². The van der Waals surface area contributed by atoms with E-state index in [0.717, 1.165) is 38.2 Å². The van der Waals surface area contributed by atoms with Crippen molar-refractivity contribution in [1.29, 1.82) is 0 Å². The Kier molecular flexibility index (Phi) is 5.33. The first kappa shape index (κ1) is 16.7. The number of nitrogens with zero attached hydrogens (tertiary/aromatic N) is 2. The second-order valence-corrected chi connectivity index (χ2v) is 6.55. The fraction of sp³-hybridized carbons (Fsp3) is 0.611. The van der Waals surface area contributed by atoms with Crippen molar-refractivity contribution >= 4 is 17.7 Å². The number of carbonyl (C=O) groups excluding carboxylic acids is 2. The molecule has 0 radical (unpaired) electrons. The number of nitrogens with one attached hydrogen (secondary N) is 1. The third-order valence-corrected chi connectivity index (χ3v) is 4.83. The van der Waals surface area contributed by atoms with Gasteiger partial charge < -0.3 is 15.0 Å². The van der Waals surface area contributed by atoms with Crippen molar-refractivity contribution in [3.63, 3.8) is 0 Å². The van der Waals surface area contributed by atoms with Gasteiger partial charge in [-0.15, -0.1) is 0 Å². The van der Waals surface area contributed by atoms with Gasteiger partial charge in [0.15, 0.2) is 0 Å². The predicted molar refractivity (Wildman–Crippen MR) is 90.8 cm³/mol. The molecule has 1 aliphatic heterocycles. The van der Waals surface area contributed by atoms with Crippen LogP contribution in [0.3, 0.4) is 0 Å². The van der Waals surface area contributed by atoms with E-state index in [1.54, 1.807) is 19.1 Å². The third kappa shape index (κ3) is 3.86. The van der Waals surface area contributed by atoms with Crippen LogP contribution in [0.2, 0.25) is 0 Å². The van der Waals surface area contributed by atoms with E-state index >= 15 is 0 Å². The molecule has 0 bridgehead atoms. The van der Waals surface area contributed by atoms with Crippen LogP contribution in [0.5, 0.6) is 0 Å². The van der Waals surface area contributed by atoms with Crippen LogP contribution >= 0.6 is 0 Å². The molecule has 1 aromatic rings. The van der Waals surface area contributed by atoms with Gasteiger partial charge in [0.1, 0.15) is 5.82 Å². The first-order valence-corrected chi connectivity index (χ1v) is 8.86. The number of amides is 1. The Bertz CT molecular complexity index is 582. The molecule has 130 valence electrons. The molecule has 1 atom stereocenters. The monoisotopic (exact) mass is 331 g/mol. The van der Waals surface area contributed by atoms with Crippen molar-refractivity contribution in [2.45, 2.75) is 45.1 Å². The Hall–Kier alpha value is -2.11. The molecule has 1 aromatic heterocycles. The average molecular weight is 331 g/mol. The van der Waals surface area contributed by atoms with Crippen molar-refractivity contribution < 1.29 is 14.3 Å². The second-order valence-electron chi connectivity index (χ2n) is 6.55. The van der Waals surface area contributed by atoms with Crippen LogP contribution in [0, 0.1) is 5.92 Å².